The van der Waals surface area contributed by atoms with Crippen molar-refractivity contribution in [2.24, 2.45) is 5.73 Å². The number of hydrogen-bond acceptors (Lipinski definition) is 5. The summed E-state index contributed by atoms with van der Waals surface area (Å²) in [6, 6.07) is 8.86. The first kappa shape index (κ1) is 13.5. The van der Waals surface area contributed by atoms with Gasteiger partial charge in [-0.15, -0.1) is 0 Å². The summed E-state index contributed by atoms with van der Waals surface area (Å²) in [7, 11) is 0. The van der Waals surface area contributed by atoms with Crippen LogP contribution in [0.2, 0.25) is 0 Å². The normalized spacial score (nSPS) is 11.8. The van der Waals surface area contributed by atoms with Gasteiger partial charge in [-0.05, 0) is 18.2 Å². The molecule has 1 unspecified atom stereocenters. The standard InChI is InChI=1S/C12H17N3O2/c13-4-5-15-8-11(16)9-17-12-3-1-2-10(6-12)7-14/h1-3,6,11,15-16H,4-5,8-9,13H2. The summed E-state index contributed by atoms with van der Waals surface area (Å²) in [5.41, 5.74) is 5.85. The molecule has 1 rings (SSSR count). The van der Waals surface area contributed by atoms with Crippen molar-refractivity contribution in [3.05, 3.63) is 29.8 Å². The minimum absolute atomic E-state index is 0.187. The first-order valence-electron chi connectivity index (χ1n) is 5.48. The third kappa shape index (κ3) is 5.31. The van der Waals surface area contributed by atoms with E-state index in [-0.39, 0.29) is 6.61 Å². The number of aliphatic hydroxyl groups excluding tert-OH is 1. The van der Waals surface area contributed by atoms with Gasteiger partial charge >= 0.3 is 0 Å². The number of nitriles is 1. The number of nitrogens with zero attached hydrogens (tertiary/aromatic N) is 1. The van der Waals surface area contributed by atoms with Gasteiger partial charge in [-0.25, -0.2) is 0 Å². The van der Waals surface area contributed by atoms with Gasteiger partial charge in [0.25, 0.3) is 0 Å². The lowest BCUT2D eigenvalue weighted by molar-refractivity contribution is 0.107. The first-order valence-corrected chi connectivity index (χ1v) is 5.48. The second-order valence-electron chi connectivity index (χ2n) is 3.60. The van der Waals surface area contributed by atoms with E-state index in [0.29, 0.717) is 30.9 Å². The van der Waals surface area contributed by atoms with Gasteiger partial charge in [-0.2, -0.15) is 5.26 Å². The van der Waals surface area contributed by atoms with Crippen molar-refractivity contribution in [2.45, 2.75) is 6.10 Å². The molecule has 1 atom stereocenters. The van der Waals surface area contributed by atoms with Crippen LogP contribution in [0.5, 0.6) is 5.75 Å². The van der Waals surface area contributed by atoms with Gasteiger partial charge in [0.1, 0.15) is 18.5 Å². The first-order chi connectivity index (χ1) is 8.26. The van der Waals surface area contributed by atoms with Gasteiger partial charge in [0.05, 0.1) is 11.6 Å². The van der Waals surface area contributed by atoms with Gasteiger partial charge in [0.2, 0.25) is 0 Å². The number of ether oxygens (including phenoxy) is 1. The minimum Gasteiger partial charge on any atom is -0.491 e. The van der Waals surface area contributed by atoms with Gasteiger partial charge in [0.15, 0.2) is 0 Å². The topological polar surface area (TPSA) is 91.3 Å². The third-order valence-electron chi connectivity index (χ3n) is 2.11. The average Bonchev–Trinajstić information content (AvgIpc) is 2.37. The maximum Gasteiger partial charge on any atom is 0.120 e. The highest BCUT2D eigenvalue weighted by molar-refractivity contribution is 5.36. The van der Waals surface area contributed by atoms with Crippen molar-refractivity contribution in [1.29, 1.82) is 5.26 Å². The smallest absolute Gasteiger partial charge is 0.120 e. The average molecular weight is 235 g/mol. The number of rotatable bonds is 7. The molecule has 92 valence electrons. The fourth-order valence-corrected chi connectivity index (χ4v) is 1.28. The molecule has 0 heterocycles. The zero-order valence-electron chi connectivity index (χ0n) is 9.60. The van der Waals surface area contributed by atoms with Gasteiger partial charge in [-0.1, -0.05) is 6.07 Å². The Hall–Kier alpha value is -1.61. The van der Waals surface area contributed by atoms with Crippen LogP contribution >= 0.6 is 0 Å². The molecule has 0 aromatic heterocycles. The fraction of sp³-hybridized carbons (Fsp3) is 0.417. The zero-order valence-corrected chi connectivity index (χ0v) is 9.60. The Morgan fingerprint density at radius 3 is 3.06 bits per heavy atom. The predicted molar refractivity (Wildman–Crippen MR) is 64.6 cm³/mol. The zero-order chi connectivity index (χ0) is 12.5. The molecule has 0 aliphatic heterocycles. The second-order valence-corrected chi connectivity index (χ2v) is 3.60. The van der Waals surface area contributed by atoms with Crippen LogP contribution in [0, 0.1) is 11.3 Å². The minimum atomic E-state index is -0.590. The molecule has 0 aliphatic carbocycles. The lowest BCUT2D eigenvalue weighted by Crippen LogP contribution is -2.34. The summed E-state index contributed by atoms with van der Waals surface area (Å²) >= 11 is 0. The monoisotopic (exact) mass is 235 g/mol. The van der Waals surface area contributed by atoms with Gasteiger partial charge < -0.3 is 20.9 Å². The third-order valence-corrected chi connectivity index (χ3v) is 2.11. The Bertz CT molecular complexity index is 376. The Kier molecular flexibility index (Phi) is 6.04. The van der Waals surface area contributed by atoms with Crippen molar-refractivity contribution in [2.75, 3.05) is 26.2 Å². The van der Waals surface area contributed by atoms with E-state index in [0.717, 1.165) is 0 Å². The summed E-state index contributed by atoms with van der Waals surface area (Å²) in [6.45, 7) is 1.83. The van der Waals surface area contributed by atoms with Crippen LogP contribution in [0.4, 0.5) is 0 Å². The number of aliphatic hydroxyl groups is 1. The van der Waals surface area contributed by atoms with Crippen LogP contribution in [0.3, 0.4) is 0 Å². The molecule has 0 amide bonds. The molecule has 0 saturated carbocycles. The summed E-state index contributed by atoms with van der Waals surface area (Å²) in [5.74, 6) is 0.585. The molecular weight excluding hydrogens is 218 g/mol. The van der Waals surface area contributed by atoms with Crippen LogP contribution < -0.4 is 15.8 Å². The number of nitrogens with one attached hydrogen (secondary N) is 1. The van der Waals surface area contributed by atoms with Crippen molar-refractivity contribution >= 4 is 0 Å². The fourth-order valence-electron chi connectivity index (χ4n) is 1.28. The van der Waals surface area contributed by atoms with Crippen molar-refractivity contribution in [3.63, 3.8) is 0 Å². The summed E-state index contributed by atoms with van der Waals surface area (Å²) in [4.78, 5) is 0. The Morgan fingerprint density at radius 1 is 1.53 bits per heavy atom. The molecule has 1 aromatic carbocycles. The van der Waals surface area contributed by atoms with E-state index < -0.39 is 6.10 Å². The summed E-state index contributed by atoms with van der Waals surface area (Å²) in [6.07, 6.45) is -0.590. The van der Waals surface area contributed by atoms with Crippen LogP contribution in [-0.4, -0.2) is 37.5 Å². The summed E-state index contributed by atoms with van der Waals surface area (Å²) < 4.78 is 5.37. The molecule has 5 nitrogen and oxygen atoms in total. The number of hydrogen-bond donors (Lipinski definition) is 3. The molecule has 5 heteroatoms. The quantitative estimate of drug-likeness (QED) is 0.571. The van der Waals surface area contributed by atoms with E-state index in [4.69, 9.17) is 15.7 Å². The van der Waals surface area contributed by atoms with E-state index in [2.05, 4.69) is 5.32 Å². The highest BCUT2D eigenvalue weighted by Crippen LogP contribution is 2.12. The van der Waals surface area contributed by atoms with E-state index in [1.807, 2.05) is 6.07 Å². The molecule has 1 aromatic rings. The van der Waals surface area contributed by atoms with Gasteiger partial charge in [-0.3, -0.25) is 0 Å². The SMILES string of the molecule is N#Cc1cccc(OCC(O)CNCCN)c1. The van der Waals surface area contributed by atoms with Crippen LogP contribution in [-0.2, 0) is 0 Å². The summed E-state index contributed by atoms with van der Waals surface area (Å²) in [5, 5.41) is 21.3. The van der Waals surface area contributed by atoms with E-state index >= 15 is 0 Å². The number of benzene rings is 1. The maximum absolute atomic E-state index is 9.57. The molecule has 17 heavy (non-hydrogen) atoms. The second kappa shape index (κ2) is 7.63. The Balaban J connectivity index is 2.32. The lowest BCUT2D eigenvalue weighted by atomic mass is 10.2. The van der Waals surface area contributed by atoms with Crippen molar-refractivity contribution in [3.8, 4) is 11.8 Å². The number of nitrogens with two attached hydrogens (primary N) is 1. The van der Waals surface area contributed by atoms with E-state index in [1.54, 1.807) is 24.3 Å². The van der Waals surface area contributed by atoms with Crippen LogP contribution in [0.25, 0.3) is 0 Å². The van der Waals surface area contributed by atoms with E-state index in [9.17, 15) is 5.11 Å². The van der Waals surface area contributed by atoms with Crippen molar-refractivity contribution in [1.82, 2.24) is 5.32 Å². The van der Waals surface area contributed by atoms with Crippen LogP contribution in [0.15, 0.2) is 24.3 Å². The molecular formula is C12H17N3O2. The molecule has 0 radical (unpaired) electrons. The van der Waals surface area contributed by atoms with Crippen LogP contribution in [0.1, 0.15) is 5.56 Å². The van der Waals surface area contributed by atoms with E-state index in [1.165, 1.54) is 0 Å². The lowest BCUT2D eigenvalue weighted by Gasteiger charge is -2.12. The highest BCUT2D eigenvalue weighted by atomic mass is 16.5. The maximum atomic E-state index is 9.57. The molecule has 0 bridgehead atoms. The Labute approximate surface area is 101 Å². The molecule has 0 saturated heterocycles. The highest BCUT2D eigenvalue weighted by Gasteiger charge is 2.04. The molecule has 0 aliphatic rings. The van der Waals surface area contributed by atoms with Crippen molar-refractivity contribution < 1.29 is 9.84 Å². The van der Waals surface area contributed by atoms with Gasteiger partial charge in [0, 0.05) is 19.6 Å². The molecule has 0 spiro atoms. The largest absolute Gasteiger partial charge is 0.491 e. The Morgan fingerprint density at radius 2 is 2.35 bits per heavy atom. The molecule has 0 fully saturated rings. The molecule has 4 N–H and O–H groups in total. The predicted octanol–water partition coefficient (Wildman–Crippen LogP) is -0.154.